The standard InChI is InChI=1S/C14H23NO6S2/c1-5-13(22(16,17)18)15(14(6-2)23(19,20)21)12-8-10(3)7-11(4)9-12/h7-9,13-14H,5-6H2,1-4H3,(H,16,17,18)(H,19,20,21). The van der Waals surface area contributed by atoms with Gasteiger partial charge in [-0.05, 0) is 49.9 Å². The minimum absolute atomic E-state index is 0.0438. The maximum Gasteiger partial charge on any atom is 0.286 e. The molecule has 7 nitrogen and oxygen atoms in total. The Labute approximate surface area is 137 Å². The highest BCUT2D eigenvalue weighted by molar-refractivity contribution is 7.87. The van der Waals surface area contributed by atoms with E-state index in [2.05, 4.69) is 0 Å². The van der Waals surface area contributed by atoms with Crippen LogP contribution < -0.4 is 4.90 Å². The zero-order valence-electron chi connectivity index (χ0n) is 13.6. The summed E-state index contributed by atoms with van der Waals surface area (Å²) in [6.45, 7) is 6.62. The van der Waals surface area contributed by atoms with Crippen molar-refractivity contribution in [1.29, 1.82) is 0 Å². The molecule has 2 unspecified atom stereocenters. The molecule has 0 spiro atoms. The molecular formula is C14H23NO6S2. The molecule has 0 radical (unpaired) electrons. The molecule has 2 atom stereocenters. The predicted molar refractivity (Wildman–Crippen MR) is 89.7 cm³/mol. The van der Waals surface area contributed by atoms with Crippen LogP contribution in [-0.2, 0) is 20.2 Å². The van der Waals surface area contributed by atoms with Gasteiger partial charge in [-0.3, -0.25) is 9.11 Å². The highest BCUT2D eigenvalue weighted by Crippen LogP contribution is 2.29. The van der Waals surface area contributed by atoms with Crippen LogP contribution in [0.4, 0.5) is 5.69 Å². The molecule has 0 aliphatic carbocycles. The maximum absolute atomic E-state index is 11.7. The fourth-order valence-corrected chi connectivity index (χ4v) is 4.75. The van der Waals surface area contributed by atoms with Gasteiger partial charge in [0.25, 0.3) is 20.2 Å². The summed E-state index contributed by atoms with van der Waals surface area (Å²) in [5, 5.41) is -2.95. The summed E-state index contributed by atoms with van der Waals surface area (Å²) < 4.78 is 66.0. The monoisotopic (exact) mass is 365 g/mol. The van der Waals surface area contributed by atoms with Crippen molar-refractivity contribution in [3.8, 4) is 0 Å². The van der Waals surface area contributed by atoms with Crippen LogP contribution in [0.25, 0.3) is 0 Å². The van der Waals surface area contributed by atoms with Crippen molar-refractivity contribution in [3.63, 3.8) is 0 Å². The number of benzene rings is 1. The molecule has 2 N–H and O–H groups in total. The average molecular weight is 365 g/mol. The van der Waals surface area contributed by atoms with E-state index in [9.17, 15) is 25.9 Å². The summed E-state index contributed by atoms with van der Waals surface area (Å²) in [6, 6.07) is 5.09. The normalized spacial score (nSPS) is 15.2. The molecule has 1 aromatic rings. The molecule has 0 saturated heterocycles. The van der Waals surface area contributed by atoms with Gasteiger partial charge in [0.15, 0.2) is 10.7 Å². The molecule has 132 valence electrons. The first-order valence-corrected chi connectivity index (χ1v) is 10.2. The molecule has 0 aliphatic rings. The molecule has 0 bridgehead atoms. The second-order valence-electron chi connectivity index (χ2n) is 5.51. The molecule has 0 aliphatic heterocycles. The summed E-state index contributed by atoms with van der Waals surface area (Å²) in [5.41, 5.74) is 1.93. The molecule has 9 heteroatoms. The Morgan fingerprint density at radius 1 is 0.870 bits per heavy atom. The summed E-state index contributed by atoms with van der Waals surface area (Å²) >= 11 is 0. The van der Waals surface area contributed by atoms with Crippen molar-refractivity contribution in [1.82, 2.24) is 0 Å². The van der Waals surface area contributed by atoms with E-state index >= 15 is 0 Å². The highest BCUT2D eigenvalue weighted by Gasteiger charge is 2.38. The number of hydrogen-bond acceptors (Lipinski definition) is 5. The molecular weight excluding hydrogens is 342 g/mol. The van der Waals surface area contributed by atoms with Crippen LogP contribution in [0.2, 0.25) is 0 Å². The fraction of sp³-hybridized carbons (Fsp3) is 0.571. The topological polar surface area (TPSA) is 112 Å². The first kappa shape index (κ1) is 19.9. The van der Waals surface area contributed by atoms with E-state index < -0.39 is 31.0 Å². The Morgan fingerprint density at radius 3 is 1.48 bits per heavy atom. The molecule has 0 aromatic heterocycles. The maximum atomic E-state index is 11.7. The van der Waals surface area contributed by atoms with Crippen LogP contribution in [0.5, 0.6) is 0 Å². The van der Waals surface area contributed by atoms with Gasteiger partial charge in [0.05, 0.1) is 0 Å². The van der Waals surface area contributed by atoms with Crippen molar-refractivity contribution < 1.29 is 25.9 Å². The van der Waals surface area contributed by atoms with Crippen molar-refractivity contribution >= 4 is 25.9 Å². The summed E-state index contributed by atoms with van der Waals surface area (Å²) in [6.07, 6.45) is -0.0876. The summed E-state index contributed by atoms with van der Waals surface area (Å²) in [4.78, 5) is 1.06. The molecule has 0 fully saturated rings. The Hall–Kier alpha value is -1.16. The van der Waals surface area contributed by atoms with Gasteiger partial charge in [0.1, 0.15) is 0 Å². The molecule has 0 amide bonds. The molecule has 1 rings (SSSR count). The third-order valence-electron chi connectivity index (χ3n) is 3.51. The lowest BCUT2D eigenvalue weighted by Gasteiger charge is -2.36. The second kappa shape index (κ2) is 7.16. The fourth-order valence-electron chi connectivity index (χ4n) is 2.72. The summed E-state index contributed by atoms with van der Waals surface area (Å²) in [7, 11) is -9.11. The first-order valence-electron chi connectivity index (χ1n) is 7.21. The van der Waals surface area contributed by atoms with Crippen LogP contribution in [0, 0.1) is 13.8 Å². The lowest BCUT2D eigenvalue weighted by atomic mass is 10.1. The summed E-state index contributed by atoms with van der Waals surface area (Å²) in [5.74, 6) is 0. The van der Waals surface area contributed by atoms with E-state index in [0.29, 0.717) is 5.69 Å². The quantitative estimate of drug-likeness (QED) is 0.713. The lowest BCUT2D eigenvalue weighted by Crippen LogP contribution is -2.50. The second-order valence-corrected chi connectivity index (χ2v) is 8.66. The number of rotatable bonds is 7. The van der Waals surface area contributed by atoms with Crippen molar-refractivity contribution in [3.05, 3.63) is 29.3 Å². The smallest absolute Gasteiger partial charge is 0.286 e. The Kier molecular flexibility index (Phi) is 6.19. The Morgan fingerprint density at radius 2 is 1.22 bits per heavy atom. The van der Waals surface area contributed by atoms with Gasteiger partial charge in [-0.1, -0.05) is 19.9 Å². The average Bonchev–Trinajstić information content (AvgIpc) is 2.34. The molecule has 0 heterocycles. The van der Waals surface area contributed by atoms with Crippen LogP contribution >= 0.6 is 0 Å². The minimum atomic E-state index is -4.55. The van der Waals surface area contributed by atoms with E-state index in [-0.39, 0.29) is 12.8 Å². The van der Waals surface area contributed by atoms with E-state index in [1.807, 2.05) is 6.07 Å². The SMILES string of the molecule is CCC(N(c1cc(C)cc(C)c1)C(CC)S(=O)(=O)O)S(=O)(=O)O. The van der Waals surface area contributed by atoms with Gasteiger partial charge in [0, 0.05) is 5.69 Å². The van der Waals surface area contributed by atoms with Crippen molar-refractivity contribution in [2.45, 2.75) is 51.3 Å². The van der Waals surface area contributed by atoms with E-state index in [0.717, 1.165) is 16.0 Å². The van der Waals surface area contributed by atoms with Crippen LogP contribution in [0.15, 0.2) is 18.2 Å². The zero-order valence-corrected chi connectivity index (χ0v) is 15.2. The zero-order chi connectivity index (χ0) is 18.0. The number of nitrogens with zero attached hydrogens (tertiary/aromatic N) is 1. The first-order chi connectivity index (χ1) is 10.4. The van der Waals surface area contributed by atoms with E-state index in [1.165, 1.54) is 13.8 Å². The Bertz CT molecular complexity index is 697. The Balaban J connectivity index is 3.66. The largest absolute Gasteiger partial charge is 0.334 e. The van der Waals surface area contributed by atoms with Crippen molar-refractivity contribution in [2.75, 3.05) is 4.90 Å². The minimum Gasteiger partial charge on any atom is -0.334 e. The lowest BCUT2D eigenvalue weighted by molar-refractivity contribution is 0.439. The molecule has 0 saturated carbocycles. The van der Waals surface area contributed by atoms with Gasteiger partial charge in [-0.2, -0.15) is 16.8 Å². The number of aryl methyl sites for hydroxylation is 2. The van der Waals surface area contributed by atoms with Crippen LogP contribution in [0.1, 0.15) is 37.8 Å². The predicted octanol–water partition coefficient (Wildman–Crippen LogP) is 2.36. The number of anilines is 1. The van der Waals surface area contributed by atoms with E-state index in [1.54, 1.807) is 26.0 Å². The van der Waals surface area contributed by atoms with Crippen molar-refractivity contribution in [2.24, 2.45) is 0 Å². The third-order valence-corrected chi connectivity index (χ3v) is 6.01. The highest BCUT2D eigenvalue weighted by atomic mass is 32.2. The third kappa shape index (κ3) is 4.90. The van der Waals surface area contributed by atoms with E-state index in [4.69, 9.17) is 0 Å². The van der Waals surface area contributed by atoms with Gasteiger partial charge < -0.3 is 4.90 Å². The molecule has 1 aromatic carbocycles. The molecule has 23 heavy (non-hydrogen) atoms. The van der Waals surface area contributed by atoms with Gasteiger partial charge in [0.2, 0.25) is 0 Å². The van der Waals surface area contributed by atoms with Crippen LogP contribution in [0.3, 0.4) is 0 Å². The van der Waals surface area contributed by atoms with Gasteiger partial charge in [-0.15, -0.1) is 0 Å². The van der Waals surface area contributed by atoms with Gasteiger partial charge in [-0.25, -0.2) is 0 Å². The number of hydrogen-bond donors (Lipinski definition) is 2. The van der Waals surface area contributed by atoms with Crippen LogP contribution in [-0.4, -0.2) is 36.7 Å². The van der Waals surface area contributed by atoms with Gasteiger partial charge >= 0.3 is 0 Å².